The smallest absolute Gasteiger partial charge is 0.193 e. The number of carbonyl (C=O) groups is 1. The Morgan fingerprint density at radius 2 is 1.28 bits per heavy atom. The van der Waals surface area contributed by atoms with Crippen LogP contribution in [0.25, 0.3) is 0 Å². The fourth-order valence-electron chi connectivity index (χ4n) is 2.73. The number of alkyl halides is 1. The van der Waals surface area contributed by atoms with E-state index in [1.165, 1.54) is 38.5 Å². The molecule has 0 bridgehead atoms. The maximum absolute atomic E-state index is 12.3. The molecule has 134 valence electrons. The van der Waals surface area contributed by atoms with Gasteiger partial charge in [0.2, 0.25) is 0 Å². The minimum Gasteiger partial charge on any atom is -0.494 e. The van der Waals surface area contributed by atoms with E-state index in [1.54, 1.807) is 0 Å². The molecule has 0 atom stereocenters. The minimum absolute atomic E-state index is 0.0482. The molecule has 0 aliphatic rings. The number of ether oxygens (including phenoxy) is 1. The van der Waals surface area contributed by atoms with E-state index in [4.69, 9.17) is 4.74 Å². The number of halogens is 1. The first-order valence-corrected chi connectivity index (χ1v) is 10.3. The van der Waals surface area contributed by atoms with Crippen molar-refractivity contribution in [1.82, 2.24) is 0 Å². The van der Waals surface area contributed by atoms with Crippen molar-refractivity contribution in [2.45, 2.75) is 44.9 Å². The second kappa shape index (κ2) is 11.9. The molecule has 0 fully saturated rings. The number of ketones is 1. The first kappa shape index (κ1) is 19.7. The lowest BCUT2D eigenvalue weighted by atomic mass is 10.0. The first-order valence-electron chi connectivity index (χ1n) is 9.20. The van der Waals surface area contributed by atoms with Crippen molar-refractivity contribution >= 4 is 21.7 Å². The third-order valence-electron chi connectivity index (χ3n) is 4.20. The van der Waals surface area contributed by atoms with Crippen molar-refractivity contribution < 1.29 is 9.53 Å². The van der Waals surface area contributed by atoms with E-state index in [2.05, 4.69) is 15.9 Å². The van der Waals surface area contributed by atoms with Crippen molar-refractivity contribution in [3.8, 4) is 5.75 Å². The number of carbonyl (C=O) groups excluding carboxylic acids is 1. The molecular weight excluding hydrogens is 376 g/mol. The van der Waals surface area contributed by atoms with E-state index < -0.39 is 0 Å². The summed E-state index contributed by atoms with van der Waals surface area (Å²) in [6.45, 7) is 0.743. The summed E-state index contributed by atoms with van der Waals surface area (Å²) in [6, 6.07) is 16.8. The summed E-state index contributed by atoms with van der Waals surface area (Å²) in [4.78, 5) is 12.3. The van der Waals surface area contributed by atoms with Crippen LogP contribution in [0.1, 0.15) is 60.9 Å². The predicted octanol–water partition coefficient (Wildman–Crippen LogP) is 6.42. The normalized spacial score (nSPS) is 10.6. The maximum atomic E-state index is 12.3. The highest BCUT2D eigenvalue weighted by molar-refractivity contribution is 9.09. The molecule has 0 radical (unpaired) electrons. The van der Waals surface area contributed by atoms with Crippen molar-refractivity contribution in [2.24, 2.45) is 0 Å². The summed E-state index contributed by atoms with van der Waals surface area (Å²) in [6.07, 6.45) is 8.87. The van der Waals surface area contributed by atoms with Gasteiger partial charge in [0.05, 0.1) is 6.61 Å². The molecule has 2 rings (SSSR count). The molecule has 2 aromatic carbocycles. The lowest BCUT2D eigenvalue weighted by Crippen LogP contribution is -2.01. The Bertz CT molecular complexity index is 608. The first-order chi connectivity index (χ1) is 12.3. The van der Waals surface area contributed by atoms with E-state index in [-0.39, 0.29) is 5.78 Å². The lowest BCUT2D eigenvalue weighted by molar-refractivity contribution is 0.103. The second-order valence-corrected chi connectivity index (χ2v) is 7.02. The van der Waals surface area contributed by atoms with Crippen LogP contribution in [0.3, 0.4) is 0 Å². The Morgan fingerprint density at radius 1 is 0.720 bits per heavy atom. The van der Waals surface area contributed by atoms with E-state index in [0.717, 1.165) is 24.1 Å². The molecule has 0 aromatic heterocycles. The largest absolute Gasteiger partial charge is 0.494 e. The van der Waals surface area contributed by atoms with Gasteiger partial charge in [-0.05, 0) is 37.1 Å². The van der Waals surface area contributed by atoms with Gasteiger partial charge in [-0.3, -0.25) is 4.79 Å². The number of hydrogen-bond donors (Lipinski definition) is 0. The summed E-state index contributed by atoms with van der Waals surface area (Å²) in [7, 11) is 0. The predicted molar refractivity (Wildman–Crippen MR) is 108 cm³/mol. The number of rotatable bonds is 12. The number of hydrogen-bond acceptors (Lipinski definition) is 2. The van der Waals surface area contributed by atoms with Crippen LogP contribution in [0.5, 0.6) is 5.75 Å². The van der Waals surface area contributed by atoms with E-state index in [1.807, 2.05) is 54.6 Å². The topological polar surface area (TPSA) is 26.3 Å². The molecular formula is C22H27BrO2. The Morgan fingerprint density at radius 3 is 1.92 bits per heavy atom. The summed E-state index contributed by atoms with van der Waals surface area (Å²) < 4.78 is 5.77. The molecule has 0 amide bonds. The van der Waals surface area contributed by atoms with Crippen LogP contribution in [0.4, 0.5) is 0 Å². The molecule has 2 nitrogen and oxygen atoms in total. The van der Waals surface area contributed by atoms with Crippen molar-refractivity contribution in [3.63, 3.8) is 0 Å². The van der Waals surface area contributed by atoms with E-state index in [0.29, 0.717) is 11.1 Å². The zero-order valence-corrected chi connectivity index (χ0v) is 16.3. The van der Waals surface area contributed by atoms with Crippen LogP contribution in [0.2, 0.25) is 0 Å². The molecule has 0 N–H and O–H groups in total. The number of benzene rings is 2. The highest BCUT2D eigenvalue weighted by Crippen LogP contribution is 2.16. The summed E-state index contributed by atoms with van der Waals surface area (Å²) in [5, 5.41) is 1.12. The Hall–Kier alpha value is -1.61. The van der Waals surface area contributed by atoms with Crippen LogP contribution >= 0.6 is 15.9 Å². The Labute approximate surface area is 159 Å². The molecule has 0 aliphatic heterocycles. The van der Waals surface area contributed by atoms with Gasteiger partial charge in [-0.2, -0.15) is 0 Å². The van der Waals surface area contributed by atoms with Gasteiger partial charge >= 0.3 is 0 Å². The molecule has 0 saturated heterocycles. The summed E-state index contributed by atoms with van der Waals surface area (Å²) in [5.74, 6) is 0.883. The fraction of sp³-hybridized carbons (Fsp3) is 0.409. The van der Waals surface area contributed by atoms with E-state index in [9.17, 15) is 4.79 Å². The van der Waals surface area contributed by atoms with Crippen LogP contribution < -0.4 is 4.74 Å². The highest BCUT2D eigenvalue weighted by Gasteiger charge is 2.08. The van der Waals surface area contributed by atoms with Gasteiger partial charge < -0.3 is 4.74 Å². The second-order valence-electron chi connectivity index (χ2n) is 6.23. The molecule has 0 heterocycles. The van der Waals surface area contributed by atoms with Gasteiger partial charge in [-0.25, -0.2) is 0 Å². The SMILES string of the molecule is O=C(c1ccccc1)c1ccc(OCCCCCCCCCBr)cc1. The quantitative estimate of drug-likeness (QED) is 0.232. The van der Waals surface area contributed by atoms with Crippen LogP contribution in [0, 0.1) is 0 Å². The van der Waals surface area contributed by atoms with E-state index >= 15 is 0 Å². The fourth-order valence-corrected chi connectivity index (χ4v) is 3.13. The van der Waals surface area contributed by atoms with Gasteiger partial charge in [0.25, 0.3) is 0 Å². The maximum Gasteiger partial charge on any atom is 0.193 e. The van der Waals surface area contributed by atoms with Gasteiger partial charge in [-0.15, -0.1) is 0 Å². The molecule has 2 aromatic rings. The molecule has 3 heteroatoms. The zero-order valence-electron chi connectivity index (χ0n) is 14.8. The van der Waals surface area contributed by atoms with Crippen molar-refractivity contribution in [1.29, 1.82) is 0 Å². The van der Waals surface area contributed by atoms with Gasteiger partial charge in [0, 0.05) is 16.5 Å². The highest BCUT2D eigenvalue weighted by atomic mass is 79.9. The molecule has 0 unspecified atom stereocenters. The van der Waals surface area contributed by atoms with Crippen molar-refractivity contribution in [2.75, 3.05) is 11.9 Å². The van der Waals surface area contributed by atoms with Crippen molar-refractivity contribution in [3.05, 3.63) is 65.7 Å². The monoisotopic (exact) mass is 402 g/mol. The Balaban J connectivity index is 1.65. The third kappa shape index (κ3) is 7.43. The van der Waals surface area contributed by atoms with Gasteiger partial charge in [0.15, 0.2) is 5.78 Å². The molecule has 0 aliphatic carbocycles. The minimum atomic E-state index is 0.0482. The van der Waals surface area contributed by atoms with Gasteiger partial charge in [-0.1, -0.05) is 78.4 Å². The standard InChI is InChI=1S/C22H27BrO2/c23-17-9-4-2-1-3-5-10-18-25-21-15-13-20(14-16-21)22(24)19-11-7-6-8-12-19/h6-8,11-16H,1-5,9-10,17-18H2. The third-order valence-corrected chi connectivity index (χ3v) is 4.76. The summed E-state index contributed by atoms with van der Waals surface area (Å²) in [5.41, 5.74) is 1.41. The van der Waals surface area contributed by atoms with Crippen LogP contribution in [0.15, 0.2) is 54.6 Å². The Kier molecular flexibility index (Phi) is 9.35. The molecule has 0 spiro atoms. The molecule has 0 saturated carbocycles. The van der Waals surface area contributed by atoms with Crippen LogP contribution in [-0.2, 0) is 0 Å². The molecule has 25 heavy (non-hydrogen) atoms. The van der Waals surface area contributed by atoms with Gasteiger partial charge in [0.1, 0.15) is 5.75 Å². The zero-order chi connectivity index (χ0) is 17.7. The summed E-state index contributed by atoms with van der Waals surface area (Å²) >= 11 is 3.46. The van der Waals surface area contributed by atoms with Crippen LogP contribution in [-0.4, -0.2) is 17.7 Å². The average molecular weight is 403 g/mol. The average Bonchev–Trinajstić information content (AvgIpc) is 2.67. The lowest BCUT2D eigenvalue weighted by Gasteiger charge is -2.07. The number of unbranched alkanes of at least 4 members (excludes halogenated alkanes) is 6.